The van der Waals surface area contributed by atoms with E-state index in [4.69, 9.17) is 0 Å². The topological polar surface area (TPSA) is 43.4 Å². The van der Waals surface area contributed by atoms with Crippen molar-refractivity contribution in [3.63, 3.8) is 0 Å². The number of hydrogen-bond acceptors (Lipinski definition) is 3. The molecule has 0 aromatic rings. The van der Waals surface area contributed by atoms with Crippen LogP contribution in [0.2, 0.25) is 0 Å². The molecule has 4 heteroatoms. The molecule has 0 aliphatic rings. The predicted octanol–water partition coefficient (Wildman–Crippen LogP) is 1.26. The second-order valence-corrected chi connectivity index (χ2v) is 2.43. The van der Waals surface area contributed by atoms with Gasteiger partial charge in [0.2, 0.25) is 0 Å². The summed E-state index contributed by atoms with van der Waals surface area (Å²) >= 11 is 0. The van der Waals surface area contributed by atoms with Gasteiger partial charge >= 0.3 is 5.97 Å². The van der Waals surface area contributed by atoms with Crippen molar-refractivity contribution in [2.75, 3.05) is 6.61 Å². The fourth-order valence-electron chi connectivity index (χ4n) is 0.782. The van der Waals surface area contributed by atoms with E-state index in [9.17, 15) is 14.0 Å². The van der Waals surface area contributed by atoms with Crippen LogP contribution < -0.4 is 0 Å². The molecule has 0 fully saturated rings. The third-order valence-electron chi connectivity index (χ3n) is 1.64. The van der Waals surface area contributed by atoms with E-state index in [0.717, 1.165) is 6.92 Å². The number of alkyl halides is 1. The van der Waals surface area contributed by atoms with E-state index >= 15 is 0 Å². The first-order valence-corrected chi connectivity index (χ1v) is 3.86. The van der Waals surface area contributed by atoms with E-state index in [0.29, 0.717) is 0 Å². The Morgan fingerprint density at radius 1 is 1.42 bits per heavy atom. The summed E-state index contributed by atoms with van der Waals surface area (Å²) in [4.78, 5) is 21.7. The smallest absolute Gasteiger partial charge is 0.351 e. The molecule has 0 aliphatic carbocycles. The number of carbonyl (C=O) groups excluding carboxylic acids is 2. The number of hydrogen-bond donors (Lipinski definition) is 0. The normalized spacial score (nSPS) is 15.0. The molecule has 0 aromatic heterocycles. The van der Waals surface area contributed by atoms with E-state index < -0.39 is 17.4 Å². The van der Waals surface area contributed by atoms with E-state index in [2.05, 4.69) is 4.74 Å². The van der Waals surface area contributed by atoms with Gasteiger partial charge in [-0.2, -0.15) is 0 Å². The summed E-state index contributed by atoms with van der Waals surface area (Å²) in [7, 11) is 0. The van der Waals surface area contributed by atoms with Gasteiger partial charge in [-0.3, -0.25) is 4.79 Å². The second-order valence-electron chi connectivity index (χ2n) is 2.43. The lowest BCUT2D eigenvalue weighted by Gasteiger charge is -2.17. The lowest BCUT2D eigenvalue weighted by Crippen LogP contribution is -2.41. The van der Waals surface area contributed by atoms with Crippen LogP contribution in [0.25, 0.3) is 0 Å². The summed E-state index contributed by atoms with van der Waals surface area (Å²) in [6.45, 7) is 4.12. The molecule has 70 valence electrons. The van der Waals surface area contributed by atoms with Crippen LogP contribution >= 0.6 is 0 Å². The number of ketones is 1. The van der Waals surface area contributed by atoms with Crippen molar-refractivity contribution in [2.45, 2.75) is 32.9 Å². The molecule has 0 unspecified atom stereocenters. The van der Waals surface area contributed by atoms with Gasteiger partial charge in [0.05, 0.1) is 6.61 Å². The number of esters is 1. The molecule has 0 N–H and O–H groups in total. The summed E-state index contributed by atoms with van der Waals surface area (Å²) in [6.07, 6.45) is -0.179. The van der Waals surface area contributed by atoms with E-state index in [-0.39, 0.29) is 13.0 Å². The quantitative estimate of drug-likeness (QED) is 0.478. The van der Waals surface area contributed by atoms with Crippen LogP contribution in [0.5, 0.6) is 0 Å². The van der Waals surface area contributed by atoms with Gasteiger partial charge in [-0.05, 0) is 20.3 Å². The van der Waals surface area contributed by atoms with E-state index in [1.165, 1.54) is 6.92 Å². The maximum absolute atomic E-state index is 13.4. The number of rotatable bonds is 4. The molecule has 0 saturated carbocycles. The van der Waals surface area contributed by atoms with Crippen LogP contribution in [0.4, 0.5) is 4.39 Å². The van der Waals surface area contributed by atoms with E-state index in [1.807, 2.05) is 0 Å². The molecule has 0 bridgehead atoms. The van der Waals surface area contributed by atoms with Crippen molar-refractivity contribution in [1.82, 2.24) is 0 Å². The fourth-order valence-corrected chi connectivity index (χ4v) is 0.782. The summed E-state index contributed by atoms with van der Waals surface area (Å²) in [5.41, 5.74) is -2.45. The second kappa shape index (κ2) is 4.18. The minimum atomic E-state index is -2.45. The lowest BCUT2D eigenvalue weighted by molar-refractivity contribution is -0.161. The minimum absolute atomic E-state index is 0.0811. The average molecular weight is 176 g/mol. The van der Waals surface area contributed by atoms with Crippen molar-refractivity contribution in [3.05, 3.63) is 0 Å². The van der Waals surface area contributed by atoms with Gasteiger partial charge < -0.3 is 4.74 Å². The molecule has 0 amide bonds. The van der Waals surface area contributed by atoms with Crippen LogP contribution in [0.1, 0.15) is 27.2 Å². The van der Waals surface area contributed by atoms with Crippen molar-refractivity contribution < 1.29 is 18.7 Å². The Morgan fingerprint density at radius 2 is 1.92 bits per heavy atom. The number of carbonyl (C=O) groups is 2. The summed E-state index contributed by atoms with van der Waals surface area (Å²) in [5, 5.41) is 0. The first-order chi connectivity index (χ1) is 5.49. The van der Waals surface area contributed by atoms with Crippen LogP contribution in [0.15, 0.2) is 0 Å². The third-order valence-corrected chi connectivity index (χ3v) is 1.64. The average Bonchev–Trinajstić information content (AvgIpc) is 2.03. The molecule has 0 rings (SSSR count). The first-order valence-electron chi connectivity index (χ1n) is 3.86. The highest BCUT2D eigenvalue weighted by Gasteiger charge is 2.43. The molecule has 0 aliphatic heterocycles. The molecular formula is C8H13FO3. The Kier molecular flexibility index (Phi) is 3.86. The van der Waals surface area contributed by atoms with Crippen molar-refractivity contribution in [2.24, 2.45) is 0 Å². The van der Waals surface area contributed by atoms with Gasteiger partial charge in [0.1, 0.15) is 0 Å². The Balaban J connectivity index is 4.52. The standard InChI is InChI=1S/C8H13FO3/c1-4-8(9,6(3)10)7(11)12-5-2/h4-5H2,1-3H3/t8-/m0/s1. The largest absolute Gasteiger partial charge is 0.463 e. The number of ether oxygens (including phenoxy) is 1. The molecule has 0 radical (unpaired) electrons. The van der Waals surface area contributed by atoms with Crippen LogP contribution in [-0.4, -0.2) is 24.0 Å². The zero-order valence-corrected chi connectivity index (χ0v) is 7.52. The zero-order valence-electron chi connectivity index (χ0n) is 7.52. The van der Waals surface area contributed by atoms with Crippen LogP contribution in [0.3, 0.4) is 0 Å². The Hall–Kier alpha value is -0.930. The fraction of sp³-hybridized carbons (Fsp3) is 0.750. The summed E-state index contributed by atoms with van der Waals surface area (Å²) < 4.78 is 17.8. The Morgan fingerprint density at radius 3 is 2.17 bits per heavy atom. The molecule has 0 spiro atoms. The Labute approximate surface area is 70.9 Å². The molecule has 3 nitrogen and oxygen atoms in total. The lowest BCUT2D eigenvalue weighted by atomic mass is 9.99. The van der Waals surface area contributed by atoms with Gasteiger partial charge in [0, 0.05) is 0 Å². The zero-order chi connectivity index (χ0) is 9.78. The molecule has 0 heterocycles. The SMILES string of the molecule is CCOC(=O)[C@](F)(CC)C(C)=O. The highest BCUT2D eigenvalue weighted by Crippen LogP contribution is 2.19. The van der Waals surface area contributed by atoms with Crippen molar-refractivity contribution >= 4 is 11.8 Å². The van der Waals surface area contributed by atoms with Crippen molar-refractivity contribution in [3.8, 4) is 0 Å². The van der Waals surface area contributed by atoms with E-state index in [1.54, 1.807) is 6.92 Å². The predicted molar refractivity (Wildman–Crippen MR) is 41.4 cm³/mol. The molecule has 12 heavy (non-hydrogen) atoms. The van der Waals surface area contributed by atoms with Gasteiger partial charge in [0.15, 0.2) is 5.78 Å². The van der Waals surface area contributed by atoms with Crippen LogP contribution in [0, 0.1) is 0 Å². The van der Waals surface area contributed by atoms with Gasteiger partial charge in [0.25, 0.3) is 5.67 Å². The molecule has 1 atom stereocenters. The summed E-state index contributed by atoms with van der Waals surface area (Å²) in [6, 6.07) is 0. The highest BCUT2D eigenvalue weighted by molar-refractivity contribution is 6.05. The maximum Gasteiger partial charge on any atom is 0.351 e. The van der Waals surface area contributed by atoms with Crippen LogP contribution in [-0.2, 0) is 14.3 Å². The van der Waals surface area contributed by atoms with Gasteiger partial charge in [-0.1, -0.05) is 6.92 Å². The first kappa shape index (κ1) is 11.1. The summed E-state index contributed by atoms with van der Waals surface area (Å²) in [5.74, 6) is -1.89. The van der Waals surface area contributed by atoms with Gasteiger partial charge in [-0.15, -0.1) is 0 Å². The van der Waals surface area contributed by atoms with Crippen molar-refractivity contribution in [1.29, 1.82) is 0 Å². The molecule has 0 aromatic carbocycles. The molecular weight excluding hydrogens is 163 g/mol. The highest BCUT2D eigenvalue weighted by atomic mass is 19.1. The number of halogens is 1. The third kappa shape index (κ3) is 2.03. The Bertz CT molecular complexity index is 191. The van der Waals surface area contributed by atoms with Gasteiger partial charge in [-0.25, -0.2) is 9.18 Å². The monoisotopic (exact) mass is 176 g/mol. The minimum Gasteiger partial charge on any atom is -0.463 e. The molecule has 0 saturated heterocycles. The maximum atomic E-state index is 13.4. The number of Topliss-reactive ketones (excluding diaryl/α,β-unsaturated/α-hetero) is 1.